The molecule has 1 aliphatic rings. The minimum absolute atomic E-state index is 0. The average Bonchev–Trinajstić information content (AvgIpc) is 3.05. The number of halogens is 1. The molecule has 0 amide bonds. The first-order chi connectivity index (χ1) is 13.6. The molecule has 1 aromatic heterocycles. The van der Waals surface area contributed by atoms with Crippen LogP contribution in [0.2, 0.25) is 0 Å². The summed E-state index contributed by atoms with van der Waals surface area (Å²) in [5.74, 6) is 2.64. The van der Waals surface area contributed by atoms with Gasteiger partial charge in [-0.05, 0) is 45.2 Å². The third-order valence-electron chi connectivity index (χ3n) is 5.26. The first-order valence-electron chi connectivity index (χ1n) is 9.89. The molecule has 29 heavy (non-hydrogen) atoms. The van der Waals surface area contributed by atoms with Crippen LogP contribution in [0.5, 0.6) is 5.75 Å². The van der Waals surface area contributed by atoms with Crippen LogP contribution in [0.4, 0.5) is 5.69 Å². The van der Waals surface area contributed by atoms with Crippen LogP contribution in [0.15, 0.2) is 33.8 Å². The van der Waals surface area contributed by atoms with E-state index in [9.17, 15) is 0 Å². The van der Waals surface area contributed by atoms with Crippen LogP contribution in [0, 0.1) is 13.8 Å². The van der Waals surface area contributed by atoms with Crippen molar-refractivity contribution in [2.45, 2.75) is 39.2 Å². The van der Waals surface area contributed by atoms with E-state index in [1.807, 2.05) is 33.0 Å². The number of aliphatic imine (C=N–C) groups is 1. The van der Waals surface area contributed by atoms with Crippen molar-refractivity contribution in [3.63, 3.8) is 0 Å². The Kier molecular flexibility index (Phi) is 9.06. The van der Waals surface area contributed by atoms with Crippen LogP contribution >= 0.6 is 24.0 Å². The van der Waals surface area contributed by atoms with E-state index in [-0.39, 0.29) is 24.0 Å². The molecule has 0 bridgehead atoms. The number of anilines is 1. The Bertz CT molecular complexity index is 789. The molecule has 1 unspecified atom stereocenters. The number of hydrogen-bond acceptors (Lipinski definition) is 5. The van der Waals surface area contributed by atoms with E-state index in [4.69, 9.17) is 9.26 Å². The molecule has 1 aromatic carbocycles. The quantitative estimate of drug-likeness (QED) is 0.351. The molecule has 0 radical (unpaired) electrons. The fourth-order valence-corrected chi connectivity index (χ4v) is 3.76. The molecule has 1 fully saturated rings. The highest BCUT2D eigenvalue weighted by atomic mass is 127. The van der Waals surface area contributed by atoms with E-state index in [2.05, 4.69) is 37.8 Å². The number of methoxy groups -OCH3 is 1. The normalized spacial score (nSPS) is 16.9. The molecule has 2 N–H and O–H groups in total. The first kappa shape index (κ1) is 23.3. The average molecular weight is 513 g/mol. The van der Waals surface area contributed by atoms with Crippen LogP contribution in [0.3, 0.4) is 0 Å². The monoisotopic (exact) mass is 513 g/mol. The van der Waals surface area contributed by atoms with E-state index in [1.54, 1.807) is 7.11 Å². The molecule has 0 spiro atoms. The number of nitrogens with zero attached hydrogens (tertiary/aromatic N) is 3. The summed E-state index contributed by atoms with van der Waals surface area (Å²) in [6.07, 6.45) is 3.11. The minimum atomic E-state index is 0. The third kappa shape index (κ3) is 6.01. The van der Waals surface area contributed by atoms with Gasteiger partial charge in [-0.15, -0.1) is 24.0 Å². The van der Waals surface area contributed by atoms with E-state index >= 15 is 0 Å². The molecule has 0 aliphatic carbocycles. The molecule has 3 rings (SSSR count). The zero-order chi connectivity index (χ0) is 19.9. The van der Waals surface area contributed by atoms with E-state index in [1.165, 1.54) is 5.56 Å². The van der Waals surface area contributed by atoms with Gasteiger partial charge < -0.3 is 24.8 Å². The summed E-state index contributed by atoms with van der Waals surface area (Å²) in [6.45, 7) is 6.68. The zero-order valence-corrected chi connectivity index (χ0v) is 20.0. The second-order valence-corrected chi connectivity index (χ2v) is 7.15. The Balaban J connectivity index is 0.00000300. The summed E-state index contributed by atoms with van der Waals surface area (Å²) in [5, 5.41) is 11.0. The van der Waals surface area contributed by atoms with Crippen molar-refractivity contribution in [3.05, 3.63) is 41.3 Å². The van der Waals surface area contributed by atoms with Crippen LogP contribution in [-0.2, 0) is 6.42 Å². The molecular formula is C21H32IN5O2. The highest BCUT2D eigenvalue weighted by molar-refractivity contribution is 14.0. The van der Waals surface area contributed by atoms with Crippen molar-refractivity contribution in [1.82, 2.24) is 15.8 Å². The molecule has 1 atom stereocenters. The van der Waals surface area contributed by atoms with Gasteiger partial charge >= 0.3 is 0 Å². The number of guanidine groups is 1. The van der Waals surface area contributed by atoms with E-state index in [0.29, 0.717) is 6.04 Å². The van der Waals surface area contributed by atoms with Gasteiger partial charge in [-0.1, -0.05) is 17.3 Å². The maximum Gasteiger partial charge on any atom is 0.191 e. The number of rotatable bonds is 6. The smallest absolute Gasteiger partial charge is 0.191 e. The van der Waals surface area contributed by atoms with Crippen molar-refractivity contribution in [2.75, 3.05) is 38.7 Å². The second-order valence-electron chi connectivity index (χ2n) is 7.15. The fraction of sp³-hybridized carbons (Fsp3) is 0.524. The molecular weight excluding hydrogens is 481 g/mol. The molecule has 1 saturated heterocycles. The number of aromatic nitrogens is 1. The lowest BCUT2D eigenvalue weighted by Crippen LogP contribution is -2.51. The number of aryl methyl sites for hydroxylation is 2. The highest BCUT2D eigenvalue weighted by Crippen LogP contribution is 2.29. The lowest BCUT2D eigenvalue weighted by molar-refractivity contribution is 0.392. The van der Waals surface area contributed by atoms with Crippen LogP contribution in [0.1, 0.15) is 29.9 Å². The summed E-state index contributed by atoms with van der Waals surface area (Å²) in [4.78, 5) is 6.78. The van der Waals surface area contributed by atoms with Crippen molar-refractivity contribution in [1.29, 1.82) is 0 Å². The summed E-state index contributed by atoms with van der Waals surface area (Å²) in [7, 11) is 3.54. The summed E-state index contributed by atoms with van der Waals surface area (Å²) >= 11 is 0. The highest BCUT2D eigenvalue weighted by Gasteiger charge is 2.22. The van der Waals surface area contributed by atoms with Gasteiger partial charge in [0, 0.05) is 38.3 Å². The summed E-state index contributed by atoms with van der Waals surface area (Å²) < 4.78 is 10.8. The molecule has 160 valence electrons. The molecule has 8 heteroatoms. The van der Waals surface area contributed by atoms with E-state index in [0.717, 1.165) is 67.7 Å². The van der Waals surface area contributed by atoms with Gasteiger partial charge in [0.1, 0.15) is 11.5 Å². The Hall–Kier alpha value is -1.97. The van der Waals surface area contributed by atoms with Crippen LogP contribution in [-0.4, -0.2) is 50.9 Å². The van der Waals surface area contributed by atoms with Crippen molar-refractivity contribution >= 4 is 35.6 Å². The van der Waals surface area contributed by atoms with Crippen molar-refractivity contribution in [3.8, 4) is 5.75 Å². The Morgan fingerprint density at radius 1 is 1.34 bits per heavy atom. The van der Waals surface area contributed by atoms with Gasteiger partial charge in [-0.25, -0.2) is 0 Å². The van der Waals surface area contributed by atoms with Gasteiger partial charge in [-0.2, -0.15) is 0 Å². The van der Waals surface area contributed by atoms with Gasteiger partial charge in [0.15, 0.2) is 5.96 Å². The Labute approximate surface area is 190 Å². The third-order valence-corrected chi connectivity index (χ3v) is 5.26. The van der Waals surface area contributed by atoms with Crippen molar-refractivity contribution < 1.29 is 9.26 Å². The maximum absolute atomic E-state index is 5.53. The molecule has 2 heterocycles. The number of hydrogen-bond donors (Lipinski definition) is 2. The van der Waals surface area contributed by atoms with Gasteiger partial charge in [0.2, 0.25) is 0 Å². The Morgan fingerprint density at radius 3 is 2.83 bits per heavy atom. The van der Waals surface area contributed by atoms with Crippen LogP contribution < -0.4 is 20.3 Å². The molecule has 2 aromatic rings. The summed E-state index contributed by atoms with van der Waals surface area (Å²) in [6, 6.07) is 8.54. The van der Waals surface area contributed by atoms with Gasteiger partial charge in [-0.3, -0.25) is 4.99 Å². The fourth-order valence-electron chi connectivity index (χ4n) is 3.76. The lowest BCUT2D eigenvalue weighted by Gasteiger charge is -2.36. The first-order valence-corrected chi connectivity index (χ1v) is 9.89. The number of benzene rings is 1. The topological polar surface area (TPSA) is 74.9 Å². The SMILES string of the molecule is CN=C(NCCc1c(C)noc1C)NC1CCCN(c2ccccc2OC)C1.I. The number of ether oxygens (including phenoxy) is 1. The van der Waals surface area contributed by atoms with Gasteiger partial charge in [0.05, 0.1) is 18.5 Å². The predicted molar refractivity (Wildman–Crippen MR) is 128 cm³/mol. The van der Waals surface area contributed by atoms with Gasteiger partial charge in [0.25, 0.3) is 0 Å². The standard InChI is InChI=1S/C21H31N5O2.HI/c1-15-18(16(2)28-25-15)11-12-23-21(22-3)24-17-8-7-13-26(14-17)19-9-5-6-10-20(19)27-4;/h5-6,9-10,17H,7-8,11-14H2,1-4H3,(H2,22,23,24);1H. The Morgan fingerprint density at radius 2 is 2.14 bits per heavy atom. The zero-order valence-electron chi connectivity index (χ0n) is 17.7. The number of piperidine rings is 1. The van der Waals surface area contributed by atoms with Crippen LogP contribution in [0.25, 0.3) is 0 Å². The van der Waals surface area contributed by atoms with Crippen molar-refractivity contribution in [2.24, 2.45) is 4.99 Å². The number of para-hydroxylation sites is 2. The summed E-state index contributed by atoms with van der Waals surface area (Å²) in [5.41, 5.74) is 3.28. The molecule has 1 aliphatic heterocycles. The predicted octanol–water partition coefficient (Wildman–Crippen LogP) is 3.29. The number of nitrogens with one attached hydrogen (secondary N) is 2. The molecule has 0 saturated carbocycles. The second kappa shape index (κ2) is 11.3. The lowest BCUT2D eigenvalue weighted by atomic mass is 10.0. The molecule has 7 nitrogen and oxygen atoms in total. The van der Waals surface area contributed by atoms with E-state index < -0.39 is 0 Å². The largest absolute Gasteiger partial charge is 0.495 e. The maximum atomic E-state index is 5.53. The minimum Gasteiger partial charge on any atom is -0.495 e.